The van der Waals surface area contributed by atoms with Crippen molar-refractivity contribution in [1.29, 1.82) is 0 Å². The summed E-state index contributed by atoms with van der Waals surface area (Å²) in [7, 11) is 0. The normalized spacial score (nSPS) is 17.5. The van der Waals surface area contributed by atoms with E-state index in [2.05, 4.69) is 0 Å². The van der Waals surface area contributed by atoms with Crippen LogP contribution in [0, 0.1) is 0 Å². The number of allylic oxidation sites excluding steroid dienone is 1. The summed E-state index contributed by atoms with van der Waals surface area (Å²) in [5.41, 5.74) is 2.57. The van der Waals surface area contributed by atoms with Crippen LogP contribution in [0.25, 0.3) is 0 Å². The first kappa shape index (κ1) is 13.3. The Morgan fingerprint density at radius 2 is 2.22 bits per heavy atom. The predicted molar refractivity (Wildman–Crippen MR) is 72.7 cm³/mol. The monoisotopic (exact) mass is 264 g/mol. The van der Waals surface area contributed by atoms with Gasteiger partial charge in [0.1, 0.15) is 11.9 Å². The molecule has 18 heavy (non-hydrogen) atoms. The van der Waals surface area contributed by atoms with Crippen LogP contribution in [0.3, 0.4) is 0 Å². The van der Waals surface area contributed by atoms with Gasteiger partial charge in [-0.25, -0.2) is 0 Å². The van der Waals surface area contributed by atoms with Gasteiger partial charge < -0.3 is 5.11 Å². The summed E-state index contributed by atoms with van der Waals surface area (Å²) in [5.74, 6) is 0.191. The number of aryl methyl sites for hydroxylation is 1. The molecule has 0 amide bonds. The van der Waals surface area contributed by atoms with Gasteiger partial charge in [-0.1, -0.05) is 36.7 Å². The third-order valence-electron chi connectivity index (χ3n) is 3.38. The highest BCUT2D eigenvalue weighted by Gasteiger charge is 2.23. The average Bonchev–Trinajstić information content (AvgIpc) is 2.37. The highest BCUT2D eigenvalue weighted by atomic mass is 35.5. The molecular weight excluding hydrogens is 248 g/mol. The summed E-state index contributed by atoms with van der Waals surface area (Å²) in [4.78, 5) is 11.5. The molecule has 0 saturated carbocycles. The molecule has 1 aliphatic rings. The van der Waals surface area contributed by atoms with Gasteiger partial charge in [0.15, 0.2) is 0 Å². The lowest BCUT2D eigenvalue weighted by atomic mass is 9.88. The van der Waals surface area contributed by atoms with Crippen molar-refractivity contribution in [2.45, 2.75) is 38.7 Å². The molecule has 96 valence electrons. The number of hydrogen-bond donors (Lipinski definition) is 1. The maximum absolute atomic E-state index is 11.5. The third-order valence-corrected chi connectivity index (χ3v) is 3.71. The largest absolute Gasteiger partial charge is 0.384 e. The van der Waals surface area contributed by atoms with Gasteiger partial charge in [0.05, 0.1) is 0 Å². The summed E-state index contributed by atoms with van der Waals surface area (Å²) in [6, 6.07) is 5.64. The summed E-state index contributed by atoms with van der Waals surface area (Å²) in [6.45, 7) is 2.03. The lowest BCUT2D eigenvalue weighted by Gasteiger charge is -2.21. The number of aliphatic hydroxyl groups excluding tert-OH is 1. The summed E-state index contributed by atoms with van der Waals surface area (Å²) in [5, 5.41) is 11.0. The molecule has 1 aromatic carbocycles. The van der Waals surface area contributed by atoms with Crippen molar-refractivity contribution in [3.63, 3.8) is 0 Å². The molecule has 0 aliphatic heterocycles. The smallest absolute Gasteiger partial charge is 0.137 e. The molecule has 1 atom stereocenters. The van der Waals surface area contributed by atoms with E-state index in [9.17, 15) is 9.90 Å². The molecule has 1 N–H and O–H groups in total. The topological polar surface area (TPSA) is 37.3 Å². The van der Waals surface area contributed by atoms with Crippen molar-refractivity contribution >= 4 is 17.4 Å². The summed E-state index contributed by atoms with van der Waals surface area (Å²) in [6.07, 6.45) is 3.67. The van der Waals surface area contributed by atoms with Gasteiger partial charge in [0, 0.05) is 23.4 Å². The summed E-state index contributed by atoms with van der Waals surface area (Å²) < 4.78 is 0. The molecular formula is C15H17ClO2. The Morgan fingerprint density at radius 3 is 2.89 bits per heavy atom. The zero-order valence-electron chi connectivity index (χ0n) is 10.4. The Hall–Kier alpha value is -1.12. The second kappa shape index (κ2) is 5.68. The van der Waals surface area contributed by atoms with E-state index in [0.29, 0.717) is 17.9 Å². The number of halogens is 1. The van der Waals surface area contributed by atoms with E-state index in [1.807, 2.05) is 25.1 Å². The molecule has 2 rings (SSSR count). The Balaban J connectivity index is 2.36. The fraction of sp³-hybridized carbons (Fsp3) is 0.400. The van der Waals surface area contributed by atoms with Crippen LogP contribution in [0.1, 0.15) is 43.4 Å². The first-order valence-corrected chi connectivity index (χ1v) is 6.67. The molecule has 0 aromatic heterocycles. The minimum Gasteiger partial charge on any atom is -0.384 e. The second-order valence-corrected chi connectivity index (χ2v) is 5.01. The Labute approximate surface area is 112 Å². The van der Waals surface area contributed by atoms with Crippen LogP contribution in [0.5, 0.6) is 0 Å². The van der Waals surface area contributed by atoms with Gasteiger partial charge in [-0.15, -0.1) is 0 Å². The van der Waals surface area contributed by atoms with E-state index in [1.54, 1.807) is 6.07 Å². The zero-order valence-corrected chi connectivity index (χ0v) is 11.2. The van der Waals surface area contributed by atoms with Crippen LogP contribution in [0.2, 0.25) is 5.02 Å². The number of ketones is 1. The standard InChI is InChI=1S/C15H17ClO2/c1-2-10-5-4-8-13(16)14(10)15(18)11-6-3-7-12(17)9-11/h4-6,8,15,18H,2-3,7,9H2,1H3. The first-order valence-electron chi connectivity index (χ1n) is 6.29. The number of carbonyl (C=O) groups is 1. The molecule has 0 bridgehead atoms. The van der Waals surface area contributed by atoms with Gasteiger partial charge in [-0.2, -0.15) is 0 Å². The Bertz CT molecular complexity index is 491. The maximum Gasteiger partial charge on any atom is 0.137 e. The number of carbonyl (C=O) groups excluding carboxylic acids is 1. The highest BCUT2D eigenvalue weighted by molar-refractivity contribution is 6.31. The molecule has 3 heteroatoms. The predicted octanol–water partition coefficient (Wildman–Crippen LogP) is 3.62. The Kier molecular flexibility index (Phi) is 4.20. The average molecular weight is 265 g/mol. The molecule has 0 spiro atoms. The van der Waals surface area contributed by atoms with Crippen molar-refractivity contribution in [3.05, 3.63) is 46.0 Å². The SMILES string of the molecule is CCc1cccc(Cl)c1C(O)C1=CCCC(=O)C1. The van der Waals surface area contributed by atoms with Gasteiger partial charge in [-0.3, -0.25) is 4.79 Å². The van der Waals surface area contributed by atoms with E-state index in [4.69, 9.17) is 11.6 Å². The van der Waals surface area contributed by atoms with E-state index >= 15 is 0 Å². The van der Waals surface area contributed by atoms with Crippen LogP contribution < -0.4 is 0 Å². The highest BCUT2D eigenvalue weighted by Crippen LogP contribution is 2.34. The van der Waals surface area contributed by atoms with Gasteiger partial charge in [-0.05, 0) is 30.0 Å². The molecule has 1 unspecified atom stereocenters. The summed E-state index contributed by atoms with van der Waals surface area (Å²) >= 11 is 6.19. The number of benzene rings is 1. The van der Waals surface area contributed by atoms with Crippen LogP contribution in [0.4, 0.5) is 0 Å². The fourth-order valence-corrected chi connectivity index (χ4v) is 2.69. The quantitative estimate of drug-likeness (QED) is 0.847. The van der Waals surface area contributed by atoms with Crippen LogP contribution >= 0.6 is 11.6 Å². The molecule has 1 aromatic rings. The van der Waals surface area contributed by atoms with Crippen molar-refractivity contribution in [2.24, 2.45) is 0 Å². The number of aliphatic hydroxyl groups is 1. The van der Waals surface area contributed by atoms with E-state index in [1.165, 1.54) is 0 Å². The number of Topliss-reactive ketones (excluding diaryl/α,β-unsaturated/α-hetero) is 1. The van der Waals surface area contributed by atoms with Gasteiger partial charge in [0.2, 0.25) is 0 Å². The van der Waals surface area contributed by atoms with Crippen molar-refractivity contribution in [1.82, 2.24) is 0 Å². The van der Waals surface area contributed by atoms with E-state index in [-0.39, 0.29) is 5.78 Å². The lowest BCUT2D eigenvalue weighted by Crippen LogP contribution is -2.13. The third kappa shape index (κ3) is 2.65. The van der Waals surface area contributed by atoms with Crippen LogP contribution in [-0.4, -0.2) is 10.9 Å². The number of rotatable bonds is 3. The molecule has 2 nitrogen and oxygen atoms in total. The number of hydrogen-bond acceptors (Lipinski definition) is 2. The molecule has 0 fully saturated rings. The molecule has 0 saturated heterocycles. The minimum atomic E-state index is -0.752. The van der Waals surface area contributed by atoms with Gasteiger partial charge >= 0.3 is 0 Å². The molecule has 0 heterocycles. The zero-order chi connectivity index (χ0) is 13.1. The van der Waals surface area contributed by atoms with Gasteiger partial charge in [0.25, 0.3) is 0 Å². The molecule has 1 aliphatic carbocycles. The minimum absolute atomic E-state index is 0.191. The van der Waals surface area contributed by atoms with Crippen molar-refractivity contribution in [3.8, 4) is 0 Å². The van der Waals surface area contributed by atoms with Crippen molar-refractivity contribution < 1.29 is 9.90 Å². The van der Waals surface area contributed by atoms with E-state index < -0.39 is 6.10 Å². The van der Waals surface area contributed by atoms with Crippen molar-refractivity contribution in [2.75, 3.05) is 0 Å². The Morgan fingerprint density at radius 1 is 1.44 bits per heavy atom. The molecule has 0 radical (unpaired) electrons. The van der Waals surface area contributed by atoms with E-state index in [0.717, 1.165) is 29.5 Å². The maximum atomic E-state index is 11.5. The van der Waals surface area contributed by atoms with Crippen LogP contribution in [0.15, 0.2) is 29.8 Å². The lowest BCUT2D eigenvalue weighted by molar-refractivity contribution is -0.118. The fourth-order valence-electron chi connectivity index (χ4n) is 2.40. The second-order valence-electron chi connectivity index (χ2n) is 4.60. The van der Waals surface area contributed by atoms with Crippen LogP contribution in [-0.2, 0) is 11.2 Å². The first-order chi connectivity index (χ1) is 8.63.